The summed E-state index contributed by atoms with van der Waals surface area (Å²) >= 11 is 0. The number of halogens is 1. The summed E-state index contributed by atoms with van der Waals surface area (Å²) in [5, 5.41) is 5.70. The van der Waals surface area contributed by atoms with Gasteiger partial charge in [-0.05, 0) is 37.1 Å². The van der Waals surface area contributed by atoms with Gasteiger partial charge in [0.25, 0.3) is 5.56 Å². The summed E-state index contributed by atoms with van der Waals surface area (Å²) in [5.41, 5.74) is 1.51. The Morgan fingerprint density at radius 2 is 1.85 bits per heavy atom. The van der Waals surface area contributed by atoms with Crippen molar-refractivity contribution < 1.29 is 9.18 Å². The van der Waals surface area contributed by atoms with Crippen LogP contribution in [0.15, 0.2) is 53.3 Å². The van der Waals surface area contributed by atoms with Crippen LogP contribution in [0.25, 0.3) is 10.8 Å². The van der Waals surface area contributed by atoms with Gasteiger partial charge in [-0.1, -0.05) is 30.3 Å². The van der Waals surface area contributed by atoms with Crippen LogP contribution in [-0.4, -0.2) is 33.7 Å². The van der Waals surface area contributed by atoms with Gasteiger partial charge in [-0.15, -0.1) is 0 Å². The first-order chi connectivity index (χ1) is 13.0. The number of carbonyl (C=O) groups is 1. The molecule has 1 atom stereocenters. The maximum atomic E-state index is 13.1. The first-order valence-corrected chi connectivity index (χ1v) is 9.02. The Morgan fingerprint density at radius 1 is 1.15 bits per heavy atom. The number of hydrogen-bond donors (Lipinski definition) is 0. The fourth-order valence-corrected chi connectivity index (χ4v) is 3.73. The van der Waals surface area contributed by atoms with Crippen molar-refractivity contribution in [2.45, 2.75) is 25.8 Å². The highest BCUT2D eigenvalue weighted by molar-refractivity contribution is 5.83. The van der Waals surface area contributed by atoms with Gasteiger partial charge in [0, 0.05) is 24.4 Å². The first kappa shape index (κ1) is 17.4. The second-order valence-corrected chi connectivity index (χ2v) is 6.97. The normalized spacial score (nSPS) is 16.8. The van der Waals surface area contributed by atoms with E-state index in [0.29, 0.717) is 18.5 Å². The number of hydrogen-bond acceptors (Lipinski definition) is 3. The number of amides is 1. The number of nitrogens with zero attached hydrogens (tertiary/aromatic N) is 3. The van der Waals surface area contributed by atoms with E-state index in [9.17, 15) is 14.0 Å². The molecule has 0 aliphatic carbocycles. The Hall–Kier alpha value is -3.02. The lowest BCUT2D eigenvalue weighted by Crippen LogP contribution is -2.36. The average Bonchev–Trinajstić information content (AvgIpc) is 3.17. The molecule has 1 fully saturated rings. The summed E-state index contributed by atoms with van der Waals surface area (Å²) in [6, 6.07) is 13.7. The van der Waals surface area contributed by atoms with Crippen LogP contribution < -0.4 is 5.56 Å². The molecular weight excluding hydrogens is 345 g/mol. The summed E-state index contributed by atoms with van der Waals surface area (Å²) in [4.78, 5) is 27.1. The zero-order valence-electron chi connectivity index (χ0n) is 15.1. The molecule has 0 unspecified atom stereocenters. The molecule has 138 valence electrons. The van der Waals surface area contributed by atoms with Crippen LogP contribution in [0, 0.1) is 12.7 Å². The van der Waals surface area contributed by atoms with E-state index in [1.54, 1.807) is 23.1 Å². The number of benzene rings is 2. The third kappa shape index (κ3) is 3.35. The first-order valence-electron chi connectivity index (χ1n) is 9.02. The molecule has 0 radical (unpaired) electrons. The van der Waals surface area contributed by atoms with Gasteiger partial charge in [0.15, 0.2) is 0 Å². The van der Waals surface area contributed by atoms with Gasteiger partial charge in [-0.25, -0.2) is 9.07 Å². The molecule has 1 saturated heterocycles. The Balaban J connectivity index is 1.52. The number of aryl methyl sites for hydroxylation is 1. The van der Waals surface area contributed by atoms with E-state index in [2.05, 4.69) is 5.10 Å². The van der Waals surface area contributed by atoms with E-state index in [0.717, 1.165) is 23.1 Å². The van der Waals surface area contributed by atoms with Crippen molar-refractivity contribution in [3.05, 3.63) is 76.0 Å². The maximum absolute atomic E-state index is 13.1. The molecule has 0 saturated carbocycles. The van der Waals surface area contributed by atoms with Crippen LogP contribution in [0.2, 0.25) is 0 Å². The molecule has 0 spiro atoms. The molecule has 1 amide bonds. The number of rotatable bonds is 3. The summed E-state index contributed by atoms with van der Waals surface area (Å²) in [7, 11) is 0. The van der Waals surface area contributed by atoms with Crippen molar-refractivity contribution in [2.24, 2.45) is 0 Å². The minimum Gasteiger partial charge on any atom is -0.340 e. The standard InChI is InChI=1S/C21H20FN3O2/c1-14-18-4-2-3-5-19(18)21(27)25(23-14)13-20(26)24-11-10-16(12-24)15-6-8-17(22)9-7-15/h2-9,16H,10-13H2,1H3/t16-/m1/s1. The Bertz CT molecular complexity index is 1060. The lowest BCUT2D eigenvalue weighted by molar-refractivity contribution is -0.131. The third-order valence-corrected chi connectivity index (χ3v) is 5.22. The van der Waals surface area contributed by atoms with Crippen molar-refractivity contribution in [3.8, 4) is 0 Å². The quantitative estimate of drug-likeness (QED) is 0.717. The largest absolute Gasteiger partial charge is 0.340 e. The highest BCUT2D eigenvalue weighted by atomic mass is 19.1. The third-order valence-electron chi connectivity index (χ3n) is 5.22. The smallest absolute Gasteiger partial charge is 0.275 e. The highest BCUT2D eigenvalue weighted by Crippen LogP contribution is 2.27. The van der Waals surface area contributed by atoms with Gasteiger partial charge in [0.05, 0.1) is 11.1 Å². The topological polar surface area (TPSA) is 55.2 Å². The zero-order valence-corrected chi connectivity index (χ0v) is 15.1. The Morgan fingerprint density at radius 3 is 2.59 bits per heavy atom. The van der Waals surface area contributed by atoms with Crippen molar-refractivity contribution in [1.29, 1.82) is 0 Å². The minimum absolute atomic E-state index is 0.0688. The molecule has 3 aromatic rings. The number of carbonyl (C=O) groups excluding carboxylic acids is 1. The molecule has 1 aromatic heterocycles. The number of fused-ring (bicyclic) bond motifs is 1. The van der Waals surface area contributed by atoms with E-state index in [4.69, 9.17) is 0 Å². The molecule has 4 rings (SSSR count). The second-order valence-electron chi connectivity index (χ2n) is 6.97. The zero-order chi connectivity index (χ0) is 19.0. The van der Waals surface area contributed by atoms with E-state index in [1.807, 2.05) is 25.1 Å². The molecule has 2 heterocycles. The van der Waals surface area contributed by atoms with Gasteiger partial charge in [-0.3, -0.25) is 9.59 Å². The molecule has 2 aromatic carbocycles. The van der Waals surface area contributed by atoms with Crippen molar-refractivity contribution in [3.63, 3.8) is 0 Å². The van der Waals surface area contributed by atoms with Crippen LogP contribution in [0.4, 0.5) is 4.39 Å². The second kappa shape index (κ2) is 6.95. The summed E-state index contributed by atoms with van der Waals surface area (Å²) < 4.78 is 14.4. The monoisotopic (exact) mass is 365 g/mol. The van der Waals surface area contributed by atoms with Gasteiger partial charge in [-0.2, -0.15) is 5.10 Å². The molecule has 6 heteroatoms. The van der Waals surface area contributed by atoms with Crippen LogP contribution in [0.3, 0.4) is 0 Å². The van der Waals surface area contributed by atoms with Crippen molar-refractivity contribution >= 4 is 16.7 Å². The maximum Gasteiger partial charge on any atom is 0.275 e. The minimum atomic E-state index is -0.262. The number of likely N-dealkylation sites (tertiary alicyclic amines) is 1. The molecule has 1 aliphatic rings. The molecule has 27 heavy (non-hydrogen) atoms. The van der Waals surface area contributed by atoms with Gasteiger partial charge in [0.1, 0.15) is 12.4 Å². The molecule has 1 aliphatic heterocycles. The average molecular weight is 365 g/mol. The Kier molecular flexibility index (Phi) is 4.48. The van der Waals surface area contributed by atoms with Gasteiger partial charge < -0.3 is 4.90 Å². The van der Waals surface area contributed by atoms with Crippen molar-refractivity contribution in [2.75, 3.05) is 13.1 Å². The highest BCUT2D eigenvalue weighted by Gasteiger charge is 2.27. The van der Waals surface area contributed by atoms with E-state index in [1.165, 1.54) is 16.8 Å². The summed E-state index contributed by atoms with van der Waals surface area (Å²) in [5.74, 6) is -0.191. The fraction of sp³-hybridized carbons (Fsp3) is 0.286. The van der Waals surface area contributed by atoms with Crippen LogP contribution >= 0.6 is 0 Å². The SMILES string of the molecule is Cc1nn(CC(=O)N2CC[C@@H](c3ccc(F)cc3)C2)c(=O)c2ccccc12. The van der Waals surface area contributed by atoms with Crippen LogP contribution in [0.5, 0.6) is 0 Å². The summed E-state index contributed by atoms with van der Waals surface area (Å²) in [6.45, 7) is 2.97. The fourth-order valence-electron chi connectivity index (χ4n) is 3.73. The van der Waals surface area contributed by atoms with E-state index >= 15 is 0 Å². The lowest BCUT2D eigenvalue weighted by atomic mass is 9.99. The van der Waals surface area contributed by atoms with Crippen LogP contribution in [-0.2, 0) is 11.3 Å². The van der Waals surface area contributed by atoms with Crippen LogP contribution in [0.1, 0.15) is 23.6 Å². The predicted octanol–water partition coefficient (Wildman–Crippen LogP) is 2.86. The van der Waals surface area contributed by atoms with Crippen molar-refractivity contribution in [1.82, 2.24) is 14.7 Å². The lowest BCUT2D eigenvalue weighted by Gasteiger charge is -2.17. The molecule has 5 nitrogen and oxygen atoms in total. The van der Waals surface area contributed by atoms with E-state index < -0.39 is 0 Å². The molecular formula is C21H20FN3O2. The Labute approximate surface area is 156 Å². The molecule has 0 bridgehead atoms. The summed E-state index contributed by atoms with van der Waals surface area (Å²) in [6.07, 6.45) is 0.830. The van der Waals surface area contributed by atoms with Gasteiger partial charge >= 0.3 is 0 Å². The van der Waals surface area contributed by atoms with E-state index in [-0.39, 0.29) is 29.7 Å². The van der Waals surface area contributed by atoms with Gasteiger partial charge in [0.2, 0.25) is 5.91 Å². The number of aromatic nitrogens is 2. The predicted molar refractivity (Wildman–Crippen MR) is 101 cm³/mol. The molecule has 0 N–H and O–H groups in total.